The summed E-state index contributed by atoms with van der Waals surface area (Å²) in [6, 6.07) is 19.7. The summed E-state index contributed by atoms with van der Waals surface area (Å²) in [4.78, 5) is 71.2. The molecular formula is C53H66ClN5O9. The van der Waals surface area contributed by atoms with Gasteiger partial charge in [0.2, 0.25) is 5.91 Å². The van der Waals surface area contributed by atoms with E-state index in [4.69, 9.17) is 31.5 Å². The van der Waals surface area contributed by atoms with E-state index in [1.807, 2.05) is 24.0 Å². The Labute approximate surface area is 404 Å². The Balaban J connectivity index is 0.939. The molecule has 0 aromatic heterocycles. The van der Waals surface area contributed by atoms with Crippen LogP contribution in [0.5, 0.6) is 5.75 Å². The van der Waals surface area contributed by atoms with Gasteiger partial charge in [0.1, 0.15) is 18.0 Å². The van der Waals surface area contributed by atoms with Crippen LogP contribution in [-0.2, 0) is 38.5 Å². The molecule has 0 aliphatic carbocycles. The van der Waals surface area contributed by atoms with E-state index < -0.39 is 36.1 Å². The fourth-order valence-corrected chi connectivity index (χ4v) is 9.81. The van der Waals surface area contributed by atoms with Gasteiger partial charge in [-0.25, -0.2) is 14.5 Å². The highest BCUT2D eigenvalue weighted by Gasteiger charge is 2.45. The molecule has 0 spiro atoms. The molecule has 3 aliphatic heterocycles. The van der Waals surface area contributed by atoms with Crippen molar-refractivity contribution in [3.63, 3.8) is 0 Å². The maximum Gasteiger partial charge on any atom is 0.416 e. The number of anilines is 2. The number of rotatable bonds is 18. The lowest BCUT2D eigenvalue weighted by atomic mass is 9.92. The fraction of sp³-hybridized carbons (Fsp3) is 0.491. The van der Waals surface area contributed by atoms with E-state index in [1.54, 1.807) is 62.1 Å². The highest BCUT2D eigenvalue weighted by molar-refractivity contribution is 6.19. The molecule has 0 radical (unpaired) electrons. The molecule has 0 bridgehead atoms. The molecule has 14 nitrogen and oxygen atoms in total. The Bertz CT molecular complexity index is 2490. The molecule has 3 aliphatic rings. The quantitative estimate of drug-likeness (QED) is 0.0644. The number of carbonyl (C=O) groups excluding carboxylic acids is 5. The smallest absolute Gasteiger partial charge is 0.416 e. The number of unbranched alkanes of at least 4 members (excludes halogenated alkanes) is 2. The fourth-order valence-electron chi connectivity index (χ4n) is 9.56. The zero-order chi connectivity index (χ0) is 48.7. The second-order valence-electron chi connectivity index (χ2n) is 19.2. The predicted molar refractivity (Wildman–Crippen MR) is 264 cm³/mol. The number of halogens is 1. The maximum atomic E-state index is 14.0. The van der Waals surface area contributed by atoms with Gasteiger partial charge in [0, 0.05) is 56.0 Å². The molecule has 7 rings (SSSR count). The number of alkyl halides is 1. The number of nitrogens with two attached hydrogens (primary N) is 1. The standard InChI is InChI=1S/C53H66ClN5O9/c1-6-36-28-44-48(39-15-8-7-14-38(36)39)37(30-54)31-58(44)47(61)18-10-12-25-66-46-29-43-40(26-33(46)2)49(62)57-24-13-17-42(57)50(63)59(43)52(65)67-32-35-21-19-34(20-22-35)27-45(60)41(55)16-9-11-23-56-51(64)68-53(3,4)5/h7-8,14-15,19-22,26,28-29,37,41-42,50,63H,6,9-13,16-18,23-25,27,30-32,55H2,1-5H3,(H,56,64)/t37-,41+,42+,50?/m1/s1. The Morgan fingerprint density at radius 3 is 2.41 bits per heavy atom. The molecule has 1 fully saturated rings. The second-order valence-corrected chi connectivity index (χ2v) is 19.5. The molecule has 4 aromatic rings. The number of carbonyl (C=O) groups is 5. The Kier molecular flexibility index (Phi) is 16.4. The number of aryl methyl sites for hydroxylation is 2. The molecule has 1 saturated heterocycles. The van der Waals surface area contributed by atoms with E-state index in [2.05, 4.69) is 30.4 Å². The van der Waals surface area contributed by atoms with Crippen molar-refractivity contribution in [3.8, 4) is 5.75 Å². The summed E-state index contributed by atoms with van der Waals surface area (Å²) >= 11 is 6.47. The van der Waals surface area contributed by atoms with Crippen LogP contribution in [0.4, 0.5) is 21.0 Å². The number of hydrogen-bond acceptors (Lipinski definition) is 10. The lowest BCUT2D eigenvalue weighted by Crippen LogP contribution is -2.50. The van der Waals surface area contributed by atoms with Crippen molar-refractivity contribution in [1.82, 2.24) is 10.2 Å². The predicted octanol–water partition coefficient (Wildman–Crippen LogP) is 8.84. The zero-order valence-electron chi connectivity index (χ0n) is 40.0. The number of hydrogen-bond donors (Lipinski definition) is 3. The molecule has 4 aromatic carbocycles. The van der Waals surface area contributed by atoms with Gasteiger partial charge in [-0.2, -0.15) is 0 Å². The van der Waals surface area contributed by atoms with Crippen molar-refractivity contribution in [2.75, 3.05) is 41.9 Å². The summed E-state index contributed by atoms with van der Waals surface area (Å²) in [5.74, 6) is 0.593. The molecule has 1 unspecified atom stereocenters. The number of aliphatic hydroxyl groups is 1. The molecule has 4 amide bonds. The Hall–Kier alpha value is -5.70. The summed E-state index contributed by atoms with van der Waals surface area (Å²) in [6.07, 6.45) is 2.85. The number of amides is 4. The first-order chi connectivity index (χ1) is 32.6. The summed E-state index contributed by atoms with van der Waals surface area (Å²) in [7, 11) is 0. The van der Waals surface area contributed by atoms with Crippen molar-refractivity contribution in [2.24, 2.45) is 5.73 Å². The third kappa shape index (κ3) is 11.6. The summed E-state index contributed by atoms with van der Waals surface area (Å²) in [6.45, 7) is 11.0. The molecule has 0 saturated carbocycles. The van der Waals surface area contributed by atoms with Gasteiger partial charge in [-0.1, -0.05) is 55.5 Å². The van der Waals surface area contributed by atoms with Crippen LogP contribution >= 0.6 is 11.6 Å². The first-order valence-corrected chi connectivity index (χ1v) is 24.6. The summed E-state index contributed by atoms with van der Waals surface area (Å²) in [5.41, 5.74) is 11.5. The van der Waals surface area contributed by atoms with E-state index in [1.165, 1.54) is 10.9 Å². The summed E-state index contributed by atoms with van der Waals surface area (Å²) < 4.78 is 17.3. The van der Waals surface area contributed by atoms with Crippen LogP contribution in [0.2, 0.25) is 0 Å². The van der Waals surface area contributed by atoms with E-state index >= 15 is 0 Å². The molecular weight excluding hydrogens is 886 g/mol. The van der Waals surface area contributed by atoms with Crippen LogP contribution in [0.3, 0.4) is 0 Å². The lowest BCUT2D eigenvalue weighted by Gasteiger charge is -2.31. The highest BCUT2D eigenvalue weighted by Crippen LogP contribution is 2.44. The topological polar surface area (TPSA) is 181 Å². The third-order valence-electron chi connectivity index (χ3n) is 13.1. The van der Waals surface area contributed by atoms with Crippen LogP contribution in [0, 0.1) is 6.92 Å². The Morgan fingerprint density at radius 1 is 0.956 bits per heavy atom. The van der Waals surface area contributed by atoms with E-state index in [9.17, 15) is 29.1 Å². The number of Topliss-reactive ketones (excluding diaryl/α,β-unsaturated/α-hetero) is 1. The first-order valence-electron chi connectivity index (χ1n) is 24.0. The van der Waals surface area contributed by atoms with Crippen molar-refractivity contribution in [3.05, 3.63) is 100 Å². The van der Waals surface area contributed by atoms with Crippen LogP contribution in [0.15, 0.2) is 66.7 Å². The number of nitrogens with one attached hydrogen (secondary N) is 1. The van der Waals surface area contributed by atoms with Crippen molar-refractivity contribution in [2.45, 2.75) is 135 Å². The average Bonchev–Trinajstić information content (AvgIpc) is 3.95. The van der Waals surface area contributed by atoms with Gasteiger partial charge in [0.25, 0.3) is 5.91 Å². The number of aliphatic hydroxyl groups excluding tert-OH is 1. The monoisotopic (exact) mass is 951 g/mol. The van der Waals surface area contributed by atoms with Crippen LogP contribution in [-0.4, -0.2) is 95.8 Å². The van der Waals surface area contributed by atoms with Gasteiger partial charge in [-0.3, -0.25) is 14.4 Å². The van der Waals surface area contributed by atoms with Gasteiger partial charge < -0.3 is 40.2 Å². The maximum absolute atomic E-state index is 14.0. The minimum atomic E-state index is -1.36. The number of benzene rings is 4. The molecule has 4 N–H and O–H groups in total. The number of ketones is 1. The van der Waals surface area contributed by atoms with Gasteiger partial charge in [-0.15, -0.1) is 11.6 Å². The third-order valence-corrected chi connectivity index (χ3v) is 13.5. The molecule has 364 valence electrons. The Morgan fingerprint density at radius 2 is 1.69 bits per heavy atom. The van der Waals surface area contributed by atoms with Gasteiger partial charge in [0.05, 0.1) is 29.9 Å². The minimum Gasteiger partial charge on any atom is -0.493 e. The summed E-state index contributed by atoms with van der Waals surface area (Å²) in [5, 5.41) is 16.8. The SMILES string of the molecule is CCc1cc2c(c3ccccc13)[C@H](CCl)CN2C(=O)CCCCOc1cc2c(cc1C)C(=O)N1CCC[C@H]1C(O)N2C(=O)OCc1ccc(CC(=O)[C@@H](N)CCCCNC(=O)OC(C)(C)C)cc1. The minimum absolute atomic E-state index is 0.0429. The second kappa shape index (κ2) is 22.2. The zero-order valence-corrected chi connectivity index (χ0v) is 40.7. The highest BCUT2D eigenvalue weighted by atomic mass is 35.5. The van der Waals surface area contributed by atoms with E-state index in [-0.39, 0.29) is 54.4 Å². The van der Waals surface area contributed by atoms with Gasteiger partial charge in [0.15, 0.2) is 12.0 Å². The van der Waals surface area contributed by atoms with Gasteiger partial charge in [-0.05, 0) is 130 Å². The molecule has 3 heterocycles. The largest absolute Gasteiger partial charge is 0.493 e. The van der Waals surface area contributed by atoms with Crippen molar-refractivity contribution in [1.29, 1.82) is 0 Å². The van der Waals surface area contributed by atoms with Crippen LogP contribution < -0.4 is 25.6 Å². The molecule has 4 atom stereocenters. The van der Waals surface area contributed by atoms with E-state index in [0.29, 0.717) is 93.8 Å². The van der Waals surface area contributed by atoms with Crippen molar-refractivity contribution < 1.29 is 43.3 Å². The normalized spacial score (nSPS) is 18.1. The number of ether oxygens (including phenoxy) is 3. The number of fused-ring (bicyclic) bond motifs is 5. The lowest BCUT2D eigenvalue weighted by molar-refractivity contribution is -0.120. The molecule has 15 heteroatoms. The van der Waals surface area contributed by atoms with Crippen molar-refractivity contribution >= 4 is 63.5 Å². The number of alkyl carbamates (subject to hydrolysis) is 1. The van der Waals surface area contributed by atoms with E-state index in [0.717, 1.165) is 33.5 Å². The van der Waals surface area contributed by atoms with Crippen LogP contribution in [0.25, 0.3) is 10.8 Å². The van der Waals surface area contributed by atoms with Crippen LogP contribution in [0.1, 0.15) is 123 Å². The van der Waals surface area contributed by atoms with Gasteiger partial charge >= 0.3 is 12.2 Å². The average molecular weight is 953 g/mol. The molecule has 68 heavy (non-hydrogen) atoms. The first kappa shape index (κ1) is 50.2. The number of nitrogens with zero attached hydrogens (tertiary/aromatic N) is 3.